The summed E-state index contributed by atoms with van der Waals surface area (Å²) in [7, 11) is 0. The number of hydrogen-bond donors (Lipinski definition) is 1. The minimum absolute atomic E-state index is 0.118. The summed E-state index contributed by atoms with van der Waals surface area (Å²) in [6.07, 6.45) is 2.14. The number of carbonyl (C=O) groups excluding carboxylic acids is 2. The highest BCUT2D eigenvalue weighted by Gasteiger charge is 2.10. The van der Waals surface area contributed by atoms with Gasteiger partial charge in [-0.1, -0.05) is 30.3 Å². The summed E-state index contributed by atoms with van der Waals surface area (Å²) >= 11 is 0. The smallest absolute Gasteiger partial charge is 0.414 e. The molecule has 0 aliphatic rings. The fourth-order valence-corrected chi connectivity index (χ4v) is 1.42. The highest BCUT2D eigenvalue weighted by Crippen LogP contribution is 2.01. The molecule has 1 heterocycles. The Labute approximate surface area is 110 Å². The zero-order valence-electron chi connectivity index (χ0n) is 10.1. The lowest BCUT2D eigenvalue weighted by Gasteiger charge is -2.05. The molecule has 1 N–H and O–H groups in total. The van der Waals surface area contributed by atoms with E-state index in [0.29, 0.717) is 5.56 Å². The SMILES string of the molecule is O=C(NC(=O)c1cccnc1)OCc1ccccc1. The number of amides is 2. The third kappa shape index (κ3) is 3.92. The summed E-state index contributed by atoms with van der Waals surface area (Å²) in [5.74, 6) is -0.536. The predicted octanol–water partition coefficient (Wildman–Crippen LogP) is 2.15. The summed E-state index contributed by atoms with van der Waals surface area (Å²) in [6.45, 7) is 0.118. The molecule has 0 aliphatic carbocycles. The van der Waals surface area contributed by atoms with Gasteiger partial charge < -0.3 is 4.74 Å². The van der Waals surface area contributed by atoms with Crippen LogP contribution in [-0.4, -0.2) is 17.0 Å². The number of ether oxygens (including phenoxy) is 1. The van der Waals surface area contributed by atoms with Crippen LogP contribution in [0.5, 0.6) is 0 Å². The molecule has 96 valence electrons. The number of imide groups is 1. The maximum Gasteiger partial charge on any atom is 0.414 e. The molecule has 0 bridgehead atoms. The topological polar surface area (TPSA) is 68.3 Å². The van der Waals surface area contributed by atoms with Gasteiger partial charge in [-0.15, -0.1) is 0 Å². The molecule has 2 aromatic rings. The van der Waals surface area contributed by atoms with Crippen LogP contribution < -0.4 is 5.32 Å². The average Bonchev–Trinajstić information content (AvgIpc) is 2.47. The van der Waals surface area contributed by atoms with Gasteiger partial charge >= 0.3 is 6.09 Å². The third-order valence-electron chi connectivity index (χ3n) is 2.35. The van der Waals surface area contributed by atoms with Crippen molar-refractivity contribution in [1.82, 2.24) is 10.3 Å². The van der Waals surface area contributed by atoms with E-state index in [-0.39, 0.29) is 6.61 Å². The second-order valence-electron chi connectivity index (χ2n) is 3.76. The van der Waals surface area contributed by atoms with E-state index in [1.807, 2.05) is 30.3 Å². The molecular formula is C14H12N2O3. The molecule has 2 amide bonds. The van der Waals surface area contributed by atoms with Crippen molar-refractivity contribution in [3.63, 3.8) is 0 Å². The summed E-state index contributed by atoms with van der Waals surface area (Å²) in [6, 6.07) is 12.4. The van der Waals surface area contributed by atoms with Crippen molar-refractivity contribution in [1.29, 1.82) is 0 Å². The van der Waals surface area contributed by atoms with Crippen LogP contribution in [0.15, 0.2) is 54.9 Å². The number of pyridine rings is 1. The van der Waals surface area contributed by atoms with Crippen LogP contribution in [0.25, 0.3) is 0 Å². The second kappa shape index (κ2) is 6.30. The molecule has 0 saturated heterocycles. The van der Waals surface area contributed by atoms with Crippen molar-refractivity contribution >= 4 is 12.0 Å². The number of alkyl carbamates (subject to hydrolysis) is 1. The van der Waals surface area contributed by atoms with Crippen LogP contribution in [0.3, 0.4) is 0 Å². The Morgan fingerprint density at radius 2 is 1.89 bits per heavy atom. The van der Waals surface area contributed by atoms with Gasteiger partial charge in [-0.2, -0.15) is 0 Å². The number of hydrogen-bond acceptors (Lipinski definition) is 4. The van der Waals surface area contributed by atoms with E-state index < -0.39 is 12.0 Å². The maximum absolute atomic E-state index is 11.6. The van der Waals surface area contributed by atoms with Crippen LogP contribution in [0.2, 0.25) is 0 Å². The van der Waals surface area contributed by atoms with Gasteiger partial charge in [0.15, 0.2) is 0 Å². The first-order valence-electron chi connectivity index (χ1n) is 5.68. The Bertz CT molecular complexity index is 555. The molecule has 0 atom stereocenters. The van der Waals surface area contributed by atoms with Gasteiger partial charge in [-0.25, -0.2) is 4.79 Å². The Balaban J connectivity index is 1.83. The number of aromatic nitrogens is 1. The highest BCUT2D eigenvalue weighted by atomic mass is 16.5. The first-order valence-corrected chi connectivity index (χ1v) is 5.68. The average molecular weight is 256 g/mol. The molecule has 19 heavy (non-hydrogen) atoms. The van der Waals surface area contributed by atoms with E-state index >= 15 is 0 Å². The number of nitrogens with zero attached hydrogens (tertiary/aromatic N) is 1. The normalized spacial score (nSPS) is 9.68. The molecule has 5 nitrogen and oxygen atoms in total. The summed E-state index contributed by atoms with van der Waals surface area (Å²) in [4.78, 5) is 26.8. The summed E-state index contributed by atoms with van der Waals surface area (Å²) in [5.41, 5.74) is 1.16. The van der Waals surface area contributed by atoms with Gasteiger partial charge in [0.05, 0.1) is 5.56 Å². The quantitative estimate of drug-likeness (QED) is 0.913. The minimum atomic E-state index is -0.780. The molecule has 0 unspecified atom stereocenters. The van der Waals surface area contributed by atoms with E-state index in [0.717, 1.165) is 5.56 Å². The molecular weight excluding hydrogens is 244 g/mol. The monoisotopic (exact) mass is 256 g/mol. The van der Waals surface area contributed by atoms with Gasteiger partial charge in [0.2, 0.25) is 0 Å². The Hall–Kier alpha value is -2.69. The Morgan fingerprint density at radius 3 is 2.58 bits per heavy atom. The van der Waals surface area contributed by atoms with E-state index in [9.17, 15) is 9.59 Å². The number of rotatable bonds is 3. The third-order valence-corrected chi connectivity index (χ3v) is 2.35. The standard InChI is InChI=1S/C14H12N2O3/c17-13(12-7-4-8-15-9-12)16-14(18)19-10-11-5-2-1-3-6-11/h1-9H,10H2,(H,16,17,18). The molecule has 0 spiro atoms. The van der Waals surface area contributed by atoms with Crippen LogP contribution in [0.4, 0.5) is 4.79 Å². The van der Waals surface area contributed by atoms with Crippen molar-refractivity contribution < 1.29 is 14.3 Å². The van der Waals surface area contributed by atoms with Crippen molar-refractivity contribution in [2.24, 2.45) is 0 Å². The van der Waals surface area contributed by atoms with Gasteiger partial charge in [-0.05, 0) is 17.7 Å². The molecule has 0 saturated carbocycles. The molecule has 0 fully saturated rings. The lowest BCUT2D eigenvalue weighted by molar-refractivity contribution is 0.0912. The summed E-state index contributed by atoms with van der Waals surface area (Å²) < 4.78 is 4.93. The molecule has 5 heteroatoms. The predicted molar refractivity (Wildman–Crippen MR) is 68.3 cm³/mol. The van der Waals surface area contributed by atoms with Gasteiger partial charge in [-0.3, -0.25) is 15.1 Å². The van der Waals surface area contributed by atoms with E-state index in [1.165, 1.54) is 6.20 Å². The maximum atomic E-state index is 11.6. The Kier molecular flexibility index (Phi) is 4.23. The number of nitrogens with one attached hydrogen (secondary N) is 1. The number of carbonyl (C=O) groups is 2. The largest absolute Gasteiger partial charge is 0.444 e. The zero-order chi connectivity index (χ0) is 13.5. The minimum Gasteiger partial charge on any atom is -0.444 e. The molecule has 0 radical (unpaired) electrons. The lowest BCUT2D eigenvalue weighted by Crippen LogP contribution is -2.30. The Morgan fingerprint density at radius 1 is 1.11 bits per heavy atom. The van der Waals surface area contributed by atoms with Gasteiger partial charge in [0.1, 0.15) is 6.61 Å². The molecule has 1 aromatic heterocycles. The lowest BCUT2D eigenvalue weighted by atomic mass is 10.2. The van der Waals surface area contributed by atoms with Crippen molar-refractivity contribution in [3.05, 3.63) is 66.0 Å². The van der Waals surface area contributed by atoms with E-state index in [2.05, 4.69) is 10.3 Å². The molecule has 1 aromatic carbocycles. The van der Waals surface area contributed by atoms with E-state index in [1.54, 1.807) is 18.3 Å². The first-order chi connectivity index (χ1) is 9.25. The van der Waals surface area contributed by atoms with Crippen LogP contribution >= 0.6 is 0 Å². The fraction of sp³-hybridized carbons (Fsp3) is 0.0714. The first kappa shape index (κ1) is 12.8. The van der Waals surface area contributed by atoms with Crippen LogP contribution in [-0.2, 0) is 11.3 Å². The van der Waals surface area contributed by atoms with Crippen LogP contribution in [0, 0.1) is 0 Å². The highest BCUT2D eigenvalue weighted by molar-refractivity contribution is 6.02. The number of benzene rings is 1. The second-order valence-corrected chi connectivity index (χ2v) is 3.76. The fourth-order valence-electron chi connectivity index (χ4n) is 1.42. The van der Waals surface area contributed by atoms with Crippen LogP contribution in [0.1, 0.15) is 15.9 Å². The molecule has 0 aliphatic heterocycles. The van der Waals surface area contributed by atoms with Gasteiger partial charge in [0.25, 0.3) is 5.91 Å². The summed E-state index contributed by atoms with van der Waals surface area (Å²) in [5, 5.41) is 2.13. The van der Waals surface area contributed by atoms with Crippen molar-refractivity contribution in [2.45, 2.75) is 6.61 Å². The molecule has 2 rings (SSSR count). The van der Waals surface area contributed by atoms with Crippen molar-refractivity contribution in [2.75, 3.05) is 0 Å². The zero-order valence-corrected chi connectivity index (χ0v) is 10.1. The van der Waals surface area contributed by atoms with Crippen molar-refractivity contribution in [3.8, 4) is 0 Å². The van der Waals surface area contributed by atoms with E-state index in [4.69, 9.17) is 4.74 Å². The van der Waals surface area contributed by atoms with Gasteiger partial charge in [0, 0.05) is 12.4 Å².